The monoisotopic (exact) mass is 341 g/mol. The second-order valence-corrected chi connectivity index (χ2v) is 7.38. The van der Waals surface area contributed by atoms with Crippen LogP contribution >= 0.6 is 7.37 Å². The van der Waals surface area contributed by atoms with Crippen LogP contribution in [0, 0.1) is 0 Å². The minimum atomic E-state index is -2.92. The van der Waals surface area contributed by atoms with E-state index in [0.29, 0.717) is 0 Å². The van der Waals surface area contributed by atoms with E-state index in [1.807, 2.05) is 6.07 Å². The lowest BCUT2D eigenvalue weighted by atomic mass is 10.2. The first kappa shape index (κ1) is 18.9. The summed E-state index contributed by atoms with van der Waals surface area (Å²) >= 11 is 0. The molecule has 0 heterocycles. The van der Waals surface area contributed by atoms with Gasteiger partial charge in [-0.1, -0.05) is 30.3 Å². The summed E-state index contributed by atoms with van der Waals surface area (Å²) in [7, 11) is -2.92. The Bertz CT molecular complexity index is 614. The van der Waals surface area contributed by atoms with Gasteiger partial charge in [0.05, 0.1) is 6.61 Å². The number of ether oxygens (including phenoxy) is 1. The average molecular weight is 341 g/mol. The quantitative estimate of drug-likeness (QED) is 0.557. The molecule has 1 unspecified atom stereocenters. The molecule has 2 N–H and O–H groups in total. The molecule has 1 aromatic carbocycles. The van der Waals surface area contributed by atoms with Gasteiger partial charge in [0, 0.05) is 12.8 Å². The summed E-state index contributed by atoms with van der Waals surface area (Å²) in [5.41, 5.74) is 0.378. The summed E-state index contributed by atoms with van der Waals surface area (Å²) in [5.74, 6) is -1.35. The number of benzene rings is 1. The van der Waals surface area contributed by atoms with Crippen molar-refractivity contribution >= 4 is 19.4 Å². The molecular formula is C15H20NO6P. The molecule has 0 fully saturated rings. The first-order chi connectivity index (χ1) is 10.8. The Balaban J connectivity index is 2.59. The smallest absolute Gasteiger partial charge is 0.412 e. The van der Waals surface area contributed by atoms with E-state index in [-0.39, 0.29) is 19.4 Å². The molecule has 23 heavy (non-hydrogen) atoms. The van der Waals surface area contributed by atoms with Gasteiger partial charge in [0.25, 0.3) is 0 Å². The van der Waals surface area contributed by atoms with E-state index >= 15 is 0 Å². The SMILES string of the molecule is CCOP(C)(=O)CC=C(NC(=O)OCc1ccccc1)C(=O)O. The van der Waals surface area contributed by atoms with Gasteiger partial charge in [0.2, 0.25) is 7.37 Å². The van der Waals surface area contributed by atoms with E-state index in [0.717, 1.165) is 11.6 Å². The number of hydrogen-bond donors (Lipinski definition) is 2. The maximum Gasteiger partial charge on any atom is 0.412 e. The van der Waals surface area contributed by atoms with Crippen LogP contribution in [0.25, 0.3) is 0 Å². The summed E-state index contributed by atoms with van der Waals surface area (Å²) in [6.07, 6.45) is 0.161. The van der Waals surface area contributed by atoms with Crippen molar-refractivity contribution in [2.24, 2.45) is 0 Å². The molecule has 0 aliphatic rings. The highest BCUT2D eigenvalue weighted by atomic mass is 31.2. The summed E-state index contributed by atoms with van der Waals surface area (Å²) in [4.78, 5) is 22.8. The predicted octanol–water partition coefficient (Wildman–Crippen LogP) is 2.83. The Morgan fingerprint density at radius 2 is 1.96 bits per heavy atom. The number of nitrogens with one attached hydrogen (secondary N) is 1. The number of carbonyl (C=O) groups is 2. The Labute approximate surface area is 134 Å². The molecule has 0 aromatic heterocycles. The molecule has 1 amide bonds. The van der Waals surface area contributed by atoms with Gasteiger partial charge in [-0.2, -0.15) is 0 Å². The predicted molar refractivity (Wildman–Crippen MR) is 85.5 cm³/mol. The van der Waals surface area contributed by atoms with Crippen molar-refractivity contribution in [2.75, 3.05) is 19.4 Å². The fraction of sp³-hybridized carbons (Fsp3) is 0.333. The topological polar surface area (TPSA) is 102 Å². The fourth-order valence-electron chi connectivity index (χ4n) is 1.64. The summed E-state index contributed by atoms with van der Waals surface area (Å²) in [5, 5.41) is 11.2. The van der Waals surface area contributed by atoms with E-state index in [4.69, 9.17) is 14.4 Å². The fourth-order valence-corrected chi connectivity index (χ4v) is 2.81. The Kier molecular flexibility index (Phi) is 7.51. The van der Waals surface area contributed by atoms with Gasteiger partial charge in [0.1, 0.15) is 12.3 Å². The zero-order chi connectivity index (χ0) is 17.3. The van der Waals surface area contributed by atoms with Crippen molar-refractivity contribution in [3.8, 4) is 0 Å². The number of carboxylic acid groups (broad SMARTS) is 1. The lowest BCUT2D eigenvalue weighted by Gasteiger charge is -2.11. The van der Waals surface area contributed by atoms with Crippen molar-refractivity contribution in [3.05, 3.63) is 47.7 Å². The molecule has 0 aliphatic heterocycles. The largest absolute Gasteiger partial charge is 0.477 e. The van der Waals surface area contributed by atoms with Crippen LogP contribution in [-0.2, 0) is 25.2 Å². The van der Waals surface area contributed by atoms with Crippen molar-refractivity contribution in [1.82, 2.24) is 5.32 Å². The van der Waals surface area contributed by atoms with Gasteiger partial charge >= 0.3 is 12.1 Å². The maximum absolute atomic E-state index is 11.9. The molecule has 0 bridgehead atoms. The summed E-state index contributed by atoms with van der Waals surface area (Å²) < 4.78 is 21.9. The lowest BCUT2D eigenvalue weighted by Crippen LogP contribution is -2.28. The van der Waals surface area contributed by atoms with E-state index in [9.17, 15) is 14.2 Å². The van der Waals surface area contributed by atoms with Crippen LogP contribution in [0.3, 0.4) is 0 Å². The molecule has 0 saturated carbocycles. The van der Waals surface area contributed by atoms with Gasteiger partial charge in [-0.05, 0) is 18.6 Å². The molecule has 126 valence electrons. The third-order valence-electron chi connectivity index (χ3n) is 2.71. The van der Waals surface area contributed by atoms with Gasteiger partial charge in [-0.25, -0.2) is 9.59 Å². The van der Waals surface area contributed by atoms with Crippen molar-refractivity contribution < 1.29 is 28.5 Å². The normalized spacial score (nSPS) is 13.9. The number of hydrogen-bond acceptors (Lipinski definition) is 5. The molecule has 0 aliphatic carbocycles. The minimum Gasteiger partial charge on any atom is -0.477 e. The van der Waals surface area contributed by atoms with Crippen LogP contribution in [0.4, 0.5) is 4.79 Å². The molecule has 0 radical (unpaired) electrons. The number of alkyl carbamates (subject to hydrolysis) is 1. The van der Waals surface area contributed by atoms with Crippen LogP contribution in [0.2, 0.25) is 0 Å². The first-order valence-electron chi connectivity index (χ1n) is 6.96. The van der Waals surface area contributed by atoms with Gasteiger partial charge in [-0.15, -0.1) is 0 Å². The zero-order valence-electron chi connectivity index (χ0n) is 13.0. The molecule has 7 nitrogen and oxygen atoms in total. The Hall–Kier alpha value is -2.11. The summed E-state index contributed by atoms with van der Waals surface area (Å²) in [6, 6.07) is 8.97. The number of amides is 1. The first-order valence-corrected chi connectivity index (χ1v) is 9.22. The molecule has 0 spiro atoms. The van der Waals surface area contributed by atoms with Gasteiger partial charge in [-0.3, -0.25) is 9.88 Å². The second kappa shape index (κ2) is 9.12. The second-order valence-electron chi connectivity index (χ2n) is 4.72. The molecule has 8 heteroatoms. The molecular weight excluding hydrogens is 321 g/mol. The molecule has 0 saturated heterocycles. The number of allylic oxidation sites excluding steroid dienone is 1. The van der Waals surface area contributed by atoms with Gasteiger partial charge in [0.15, 0.2) is 0 Å². The number of aliphatic carboxylic acids is 1. The van der Waals surface area contributed by atoms with Crippen LogP contribution in [0.5, 0.6) is 0 Å². The molecule has 1 atom stereocenters. The number of carbonyl (C=O) groups excluding carboxylic acids is 1. The van der Waals surface area contributed by atoms with E-state index in [1.54, 1.807) is 31.2 Å². The highest BCUT2D eigenvalue weighted by molar-refractivity contribution is 7.58. The average Bonchev–Trinajstić information content (AvgIpc) is 2.50. The van der Waals surface area contributed by atoms with Gasteiger partial charge < -0.3 is 14.4 Å². The standard InChI is InChI=1S/C15H20NO6P/c1-3-22-23(2,20)10-9-13(14(17)18)16-15(19)21-11-12-7-5-4-6-8-12/h4-9H,3,10-11H2,1-2H3,(H,16,19)(H,17,18). The third-order valence-corrected chi connectivity index (χ3v) is 4.36. The van der Waals surface area contributed by atoms with Crippen LogP contribution in [-0.4, -0.2) is 36.6 Å². The van der Waals surface area contributed by atoms with Crippen molar-refractivity contribution in [1.29, 1.82) is 0 Å². The Morgan fingerprint density at radius 3 is 2.52 bits per heavy atom. The van der Waals surface area contributed by atoms with E-state index in [1.165, 1.54) is 6.66 Å². The molecule has 1 rings (SSSR count). The van der Waals surface area contributed by atoms with Crippen LogP contribution < -0.4 is 5.32 Å². The molecule has 1 aromatic rings. The highest BCUT2D eigenvalue weighted by Gasteiger charge is 2.17. The lowest BCUT2D eigenvalue weighted by molar-refractivity contribution is -0.133. The van der Waals surface area contributed by atoms with Crippen molar-refractivity contribution in [3.63, 3.8) is 0 Å². The maximum atomic E-state index is 11.9. The van der Waals surface area contributed by atoms with Crippen LogP contribution in [0.1, 0.15) is 12.5 Å². The third kappa shape index (κ3) is 7.63. The number of carboxylic acids is 1. The minimum absolute atomic E-state index is 0.0186. The van der Waals surface area contributed by atoms with Crippen LogP contribution in [0.15, 0.2) is 42.1 Å². The van der Waals surface area contributed by atoms with E-state index < -0.39 is 25.1 Å². The summed E-state index contributed by atoms with van der Waals surface area (Å²) in [6.45, 7) is 3.37. The number of rotatable bonds is 8. The van der Waals surface area contributed by atoms with E-state index in [2.05, 4.69) is 5.32 Å². The Morgan fingerprint density at radius 1 is 1.30 bits per heavy atom. The highest BCUT2D eigenvalue weighted by Crippen LogP contribution is 2.42. The van der Waals surface area contributed by atoms with Crippen molar-refractivity contribution in [2.45, 2.75) is 13.5 Å². The zero-order valence-corrected chi connectivity index (χ0v) is 13.9.